The average Bonchev–Trinajstić information content (AvgIpc) is 2.46. The number of nitro groups is 1. The molecule has 0 aliphatic heterocycles. The molecule has 0 amide bonds. The molecule has 5 nitrogen and oxygen atoms in total. The van der Waals surface area contributed by atoms with Gasteiger partial charge in [-0.05, 0) is 30.2 Å². The minimum Gasteiger partial charge on any atom is -0.497 e. The van der Waals surface area contributed by atoms with Crippen LogP contribution < -0.4 is 10.1 Å². The molecule has 0 fully saturated rings. The molecule has 0 aliphatic carbocycles. The number of nitro benzene ring substituents is 1. The highest BCUT2D eigenvalue weighted by Gasteiger charge is 2.14. The Morgan fingerprint density at radius 1 is 1.20 bits per heavy atom. The average molecular weight is 272 g/mol. The van der Waals surface area contributed by atoms with Gasteiger partial charge in [-0.25, -0.2) is 0 Å². The van der Waals surface area contributed by atoms with Crippen LogP contribution in [0.4, 0.5) is 11.4 Å². The summed E-state index contributed by atoms with van der Waals surface area (Å²) in [5.41, 5.74) is 2.54. The molecular weight excluding hydrogens is 256 g/mol. The number of hydrogen-bond donors (Lipinski definition) is 1. The number of methoxy groups -OCH3 is 1. The Hall–Kier alpha value is -2.56. The summed E-state index contributed by atoms with van der Waals surface area (Å²) < 4.78 is 5.09. The Morgan fingerprint density at radius 3 is 2.50 bits per heavy atom. The Bertz CT molecular complexity index is 609. The number of nitrogens with one attached hydrogen (secondary N) is 1. The topological polar surface area (TPSA) is 64.4 Å². The van der Waals surface area contributed by atoms with Gasteiger partial charge >= 0.3 is 0 Å². The van der Waals surface area contributed by atoms with Gasteiger partial charge in [0.1, 0.15) is 11.4 Å². The van der Waals surface area contributed by atoms with Crippen LogP contribution in [0.1, 0.15) is 11.1 Å². The molecule has 104 valence electrons. The summed E-state index contributed by atoms with van der Waals surface area (Å²) in [5.74, 6) is 0.788. The van der Waals surface area contributed by atoms with Crippen molar-refractivity contribution >= 4 is 11.4 Å². The first-order chi connectivity index (χ1) is 9.61. The maximum atomic E-state index is 11.0. The highest BCUT2D eigenvalue weighted by molar-refractivity contribution is 5.66. The predicted molar refractivity (Wildman–Crippen MR) is 78.2 cm³/mol. The number of hydrogen-bond acceptors (Lipinski definition) is 4. The molecule has 5 heteroatoms. The summed E-state index contributed by atoms with van der Waals surface area (Å²) in [6.45, 7) is 2.37. The van der Waals surface area contributed by atoms with Crippen molar-refractivity contribution in [2.24, 2.45) is 0 Å². The molecule has 0 unspecified atom stereocenters. The van der Waals surface area contributed by atoms with Crippen LogP contribution >= 0.6 is 0 Å². The predicted octanol–water partition coefficient (Wildman–Crippen LogP) is 3.52. The minimum absolute atomic E-state index is 0.0958. The second-order valence-corrected chi connectivity index (χ2v) is 4.43. The largest absolute Gasteiger partial charge is 0.497 e. The van der Waals surface area contributed by atoms with Gasteiger partial charge in [-0.3, -0.25) is 10.1 Å². The summed E-state index contributed by atoms with van der Waals surface area (Å²) >= 11 is 0. The molecule has 0 saturated carbocycles. The normalized spacial score (nSPS) is 10.1. The first kappa shape index (κ1) is 13.9. The van der Waals surface area contributed by atoms with Gasteiger partial charge in [-0.15, -0.1) is 0 Å². The zero-order valence-corrected chi connectivity index (χ0v) is 11.4. The third kappa shape index (κ3) is 3.06. The maximum absolute atomic E-state index is 11.0. The molecule has 0 heterocycles. The number of benzene rings is 2. The van der Waals surface area contributed by atoms with Crippen LogP contribution in [0, 0.1) is 17.0 Å². The molecule has 20 heavy (non-hydrogen) atoms. The number of rotatable bonds is 5. The van der Waals surface area contributed by atoms with Crippen LogP contribution in [-0.4, -0.2) is 12.0 Å². The number of aryl methyl sites for hydroxylation is 1. The van der Waals surface area contributed by atoms with E-state index in [1.165, 1.54) is 6.07 Å². The summed E-state index contributed by atoms with van der Waals surface area (Å²) in [6, 6.07) is 12.6. The van der Waals surface area contributed by atoms with E-state index < -0.39 is 0 Å². The highest BCUT2D eigenvalue weighted by Crippen LogP contribution is 2.28. The lowest BCUT2D eigenvalue weighted by molar-refractivity contribution is -0.384. The lowest BCUT2D eigenvalue weighted by Crippen LogP contribution is -2.04. The van der Waals surface area contributed by atoms with Gasteiger partial charge in [0, 0.05) is 12.6 Å². The smallest absolute Gasteiger partial charge is 0.292 e. The van der Waals surface area contributed by atoms with Gasteiger partial charge in [0.05, 0.1) is 12.0 Å². The van der Waals surface area contributed by atoms with Gasteiger partial charge in [0.2, 0.25) is 0 Å². The molecular formula is C15H16N2O3. The molecule has 0 saturated heterocycles. The van der Waals surface area contributed by atoms with E-state index in [9.17, 15) is 10.1 Å². The zero-order valence-electron chi connectivity index (χ0n) is 11.4. The molecule has 2 aromatic rings. The van der Waals surface area contributed by atoms with Crippen LogP contribution in [0.25, 0.3) is 0 Å². The molecule has 0 atom stereocenters. The van der Waals surface area contributed by atoms with Crippen molar-refractivity contribution in [2.75, 3.05) is 12.4 Å². The molecule has 0 radical (unpaired) electrons. The van der Waals surface area contributed by atoms with Gasteiger partial charge in [-0.1, -0.05) is 24.3 Å². The van der Waals surface area contributed by atoms with Crippen LogP contribution in [-0.2, 0) is 6.54 Å². The molecule has 0 bridgehead atoms. The quantitative estimate of drug-likeness (QED) is 0.668. The summed E-state index contributed by atoms with van der Waals surface area (Å²) in [7, 11) is 1.62. The van der Waals surface area contributed by atoms with Crippen molar-refractivity contribution < 1.29 is 9.66 Å². The van der Waals surface area contributed by atoms with Gasteiger partial charge in [0.25, 0.3) is 5.69 Å². The van der Waals surface area contributed by atoms with Crippen molar-refractivity contribution in [3.05, 3.63) is 63.7 Å². The van der Waals surface area contributed by atoms with E-state index in [-0.39, 0.29) is 10.6 Å². The number of para-hydroxylation sites is 1. The van der Waals surface area contributed by atoms with Crippen LogP contribution in [0.5, 0.6) is 5.75 Å². The van der Waals surface area contributed by atoms with Gasteiger partial charge < -0.3 is 10.1 Å². The Labute approximate surface area is 117 Å². The second kappa shape index (κ2) is 6.06. The highest BCUT2D eigenvalue weighted by atomic mass is 16.6. The molecule has 0 aliphatic rings. The van der Waals surface area contributed by atoms with E-state index in [1.54, 1.807) is 13.2 Å². The van der Waals surface area contributed by atoms with Crippen LogP contribution in [0.2, 0.25) is 0 Å². The Kier molecular flexibility index (Phi) is 4.20. The first-order valence-electron chi connectivity index (χ1n) is 6.22. The third-order valence-electron chi connectivity index (χ3n) is 3.08. The van der Waals surface area contributed by atoms with Crippen molar-refractivity contribution in [1.29, 1.82) is 0 Å². The summed E-state index contributed by atoms with van der Waals surface area (Å²) in [6.07, 6.45) is 0. The fourth-order valence-corrected chi connectivity index (χ4v) is 1.97. The lowest BCUT2D eigenvalue weighted by atomic mass is 10.1. The third-order valence-corrected chi connectivity index (χ3v) is 3.08. The lowest BCUT2D eigenvalue weighted by Gasteiger charge is -2.10. The number of ether oxygens (including phenoxy) is 1. The monoisotopic (exact) mass is 272 g/mol. The Morgan fingerprint density at radius 2 is 1.90 bits per heavy atom. The van der Waals surface area contributed by atoms with E-state index in [4.69, 9.17) is 4.74 Å². The van der Waals surface area contributed by atoms with Crippen molar-refractivity contribution in [1.82, 2.24) is 0 Å². The number of anilines is 1. The van der Waals surface area contributed by atoms with Crippen molar-refractivity contribution in [3.63, 3.8) is 0 Å². The molecule has 0 spiro atoms. The van der Waals surface area contributed by atoms with Crippen LogP contribution in [0.15, 0.2) is 42.5 Å². The first-order valence-corrected chi connectivity index (χ1v) is 6.22. The van der Waals surface area contributed by atoms with Gasteiger partial charge in [0.15, 0.2) is 0 Å². The standard InChI is InChI=1S/C15H16N2O3/c1-11-4-3-5-14(17(18)19)15(11)16-10-12-6-8-13(20-2)9-7-12/h3-9,16H,10H2,1-2H3. The molecule has 2 aromatic carbocycles. The van der Waals surface area contributed by atoms with E-state index in [0.717, 1.165) is 16.9 Å². The molecule has 2 rings (SSSR count). The van der Waals surface area contributed by atoms with E-state index >= 15 is 0 Å². The second-order valence-electron chi connectivity index (χ2n) is 4.43. The zero-order chi connectivity index (χ0) is 14.5. The van der Waals surface area contributed by atoms with Crippen molar-refractivity contribution in [3.8, 4) is 5.75 Å². The van der Waals surface area contributed by atoms with E-state index in [0.29, 0.717) is 12.2 Å². The van der Waals surface area contributed by atoms with E-state index in [1.807, 2.05) is 37.3 Å². The summed E-state index contributed by atoms with van der Waals surface area (Å²) in [5, 5.41) is 14.2. The maximum Gasteiger partial charge on any atom is 0.292 e. The fourth-order valence-electron chi connectivity index (χ4n) is 1.97. The fraction of sp³-hybridized carbons (Fsp3) is 0.200. The van der Waals surface area contributed by atoms with E-state index in [2.05, 4.69) is 5.32 Å². The Balaban J connectivity index is 2.16. The minimum atomic E-state index is -0.372. The summed E-state index contributed by atoms with van der Waals surface area (Å²) in [4.78, 5) is 10.6. The van der Waals surface area contributed by atoms with Crippen LogP contribution in [0.3, 0.4) is 0 Å². The number of nitrogens with zero attached hydrogens (tertiary/aromatic N) is 1. The van der Waals surface area contributed by atoms with Crippen molar-refractivity contribution in [2.45, 2.75) is 13.5 Å². The van der Waals surface area contributed by atoms with Gasteiger partial charge in [-0.2, -0.15) is 0 Å². The SMILES string of the molecule is COc1ccc(CNc2c(C)cccc2[N+](=O)[O-])cc1. The molecule has 1 N–H and O–H groups in total. The molecule has 0 aromatic heterocycles.